The quantitative estimate of drug-likeness (QED) is 0.0282. The van der Waals surface area contributed by atoms with Crippen molar-refractivity contribution in [2.75, 3.05) is 13.2 Å². The Hall–Kier alpha value is -2.42. The van der Waals surface area contributed by atoms with Crippen LogP contribution in [0.4, 0.5) is 0 Å². The van der Waals surface area contributed by atoms with Crippen LogP contribution in [0, 0.1) is 0 Å². The molecule has 0 bridgehead atoms. The number of allylic oxidation sites excluding steroid dienone is 1. The van der Waals surface area contributed by atoms with Crippen molar-refractivity contribution >= 4 is 23.8 Å². The van der Waals surface area contributed by atoms with Crippen molar-refractivity contribution < 1.29 is 34.1 Å². The predicted molar refractivity (Wildman–Crippen MR) is 209 cm³/mol. The maximum atomic E-state index is 12.7. The molecule has 0 aromatic carbocycles. The van der Waals surface area contributed by atoms with Crippen LogP contribution in [0.1, 0.15) is 206 Å². The topological polar surface area (TPSA) is 142 Å². The molecule has 0 rings (SSSR count). The number of ether oxygens (including phenoxy) is 1. The zero-order valence-electron chi connectivity index (χ0n) is 32.9. The summed E-state index contributed by atoms with van der Waals surface area (Å²) < 4.78 is 5.94. The molecule has 9 nitrogen and oxygen atoms in total. The molecular weight excluding hydrogens is 644 g/mol. The first kappa shape index (κ1) is 48.6. The van der Waals surface area contributed by atoms with Gasteiger partial charge in [0.2, 0.25) is 11.8 Å². The van der Waals surface area contributed by atoms with E-state index in [1.807, 2.05) is 0 Å². The molecule has 298 valence electrons. The average Bonchev–Trinajstić information content (AvgIpc) is 3.11. The zero-order chi connectivity index (χ0) is 37.6. The van der Waals surface area contributed by atoms with Crippen molar-refractivity contribution in [3.05, 3.63) is 12.2 Å². The summed E-state index contributed by atoms with van der Waals surface area (Å²) in [5.74, 6) is -2.31. The summed E-state index contributed by atoms with van der Waals surface area (Å²) >= 11 is 0. The number of rotatable bonds is 38. The largest absolute Gasteiger partial charge is 0.480 e. The van der Waals surface area contributed by atoms with Crippen molar-refractivity contribution in [3.8, 4) is 0 Å². The summed E-state index contributed by atoms with van der Waals surface area (Å²) in [6.07, 6.45) is 38.3. The van der Waals surface area contributed by atoms with Crippen molar-refractivity contribution in [2.45, 2.75) is 219 Å². The molecule has 0 radical (unpaired) electrons. The number of aliphatic hydroxyl groups is 1. The number of carboxylic acids is 1. The van der Waals surface area contributed by atoms with Crippen LogP contribution < -0.4 is 10.6 Å². The number of aliphatic carboxylic acids is 1. The fourth-order valence-electron chi connectivity index (χ4n) is 6.21. The number of carboxylic acid groups (broad SMARTS) is 1. The summed E-state index contributed by atoms with van der Waals surface area (Å²) in [4.78, 5) is 47.4. The molecule has 0 aromatic heterocycles. The molecular formula is C42H78N2O7. The van der Waals surface area contributed by atoms with Crippen LogP contribution in [0.25, 0.3) is 0 Å². The van der Waals surface area contributed by atoms with Crippen LogP contribution in [0.15, 0.2) is 12.2 Å². The molecule has 0 saturated heterocycles. The molecule has 2 atom stereocenters. The van der Waals surface area contributed by atoms with Gasteiger partial charge in [0.05, 0.1) is 13.2 Å². The number of aliphatic hydroxyl groups excluding tert-OH is 1. The van der Waals surface area contributed by atoms with Gasteiger partial charge in [-0.3, -0.25) is 14.4 Å². The van der Waals surface area contributed by atoms with E-state index in [9.17, 15) is 19.2 Å². The molecule has 0 saturated carbocycles. The summed E-state index contributed by atoms with van der Waals surface area (Å²) in [7, 11) is 0. The smallest absolute Gasteiger partial charge is 0.328 e. The van der Waals surface area contributed by atoms with E-state index in [-0.39, 0.29) is 24.5 Å². The Bertz CT molecular complexity index is 879. The van der Waals surface area contributed by atoms with Gasteiger partial charge in [0.15, 0.2) is 0 Å². The number of hydrogen-bond donors (Lipinski definition) is 4. The first-order chi connectivity index (χ1) is 24.8. The van der Waals surface area contributed by atoms with Crippen LogP contribution in [0.3, 0.4) is 0 Å². The standard InChI is InChI=1S/C42H78N2O7/c1-3-5-7-9-11-13-14-15-16-18-20-26-30-34-41(48)51-37(31-27-23-19-17-12-10-8-6-4-2)32-28-24-21-22-25-29-33-39(46)43-35-40(47)44-38(36-45)42(49)50/h27,31,37-38,45H,3-26,28-30,32-36H2,1-2H3,(H,43,46)(H,44,47)(H,49,50)/b31-27-. The molecule has 0 heterocycles. The Balaban J connectivity index is 4.25. The van der Waals surface area contributed by atoms with Gasteiger partial charge in [0.25, 0.3) is 0 Å². The molecule has 0 aliphatic heterocycles. The second kappa shape index (κ2) is 37.3. The highest BCUT2D eigenvalue weighted by Gasteiger charge is 2.18. The normalized spacial score (nSPS) is 12.5. The van der Waals surface area contributed by atoms with Gasteiger partial charge in [-0.05, 0) is 44.6 Å². The van der Waals surface area contributed by atoms with Crippen LogP contribution >= 0.6 is 0 Å². The van der Waals surface area contributed by atoms with E-state index in [1.165, 1.54) is 116 Å². The molecule has 9 heteroatoms. The molecule has 0 fully saturated rings. The molecule has 2 amide bonds. The van der Waals surface area contributed by atoms with Gasteiger partial charge in [0.1, 0.15) is 12.1 Å². The van der Waals surface area contributed by atoms with Crippen LogP contribution in [-0.2, 0) is 23.9 Å². The Kier molecular flexibility index (Phi) is 35.6. The summed E-state index contributed by atoms with van der Waals surface area (Å²) in [5, 5.41) is 22.5. The molecule has 4 N–H and O–H groups in total. The third-order valence-corrected chi connectivity index (χ3v) is 9.50. The number of carbonyl (C=O) groups is 4. The van der Waals surface area contributed by atoms with Gasteiger partial charge < -0.3 is 25.6 Å². The lowest BCUT2D eigenvalue weighted by molar-refractivity contribution is -0.147. The number of amides is 2. The van der Waals surface area contributed by atoms with E-state index < -0.39 is 24.5 Å². The zero-order valence-corrected chi connectivity index (χ0v) is 32.9. The number of hydrogen-bond acceptors (Lipinski definition) is 6. The predicted octanol–water partition coefficient (Wildman–Crippen LogP) is 9.88. The third-order valence-electron chi connectivity index (χ3n) is 9.50. The lowest BCUT2D eigenvalue weighted by Gasteiger charge is -2.15. The first-order valence-corrected chi connectivity index (χ1v) is 21.1. The average molecular weight is 723 g/mol. The maximum Gasteiger partial charge on any atom is 0.328 e. The van der Waals surface area contributed by atoms with Gasteiger partial charge >= 0.3 is 11.9 Å². The molecule has 51 heavy (non-hydrogen) atoms. The molecule has 0 aliphatic carbocycles. The molecule has 0 aromatic rings. The number of nitrogens with one attached hydrogen (secondary N) is 2. The maximum absolute atomic E-state index is 12.7. The van der Waals surface area contributed by atoms with Crippen molar-refractivity contribution in [2.24, 2.45) is 0 Å². The minimum atomic E-state index is -1.38. The summed E-state index contributed by atoms with van der Waals surface area (Å²) in [6, 6.07) is -1.38. The second-order valence-corrected chi connectivity index (χ2v) is 14.4. The Morgan fingerprint density at radius 1 is 0.588 bits per heavy atom. The molecule has 2 unspecified atom stereocenters. The van der Waals surface area contributed by atoms with Crippen molar-refractivity contribution in [1.29, 1.82) is 0 Å². The van der Waals surface area contributed by atoms with E-state index in [1.54, 1.807) is 0 Å². The van der Waals surface area contributed by atoms with E-state index in [2.05, 4.69) is 36.6 Å². The SMILES string of the molecule is CCCCCCCCC/C=C\C(CCCCCCCCC(=O)NCC(=O)NC(CO)C(=O)O)OC(=O)CCCCCCCCCCCCCCC. The van der Waals surface area contributed by atoms with Gasteiger partial charge in [-0.2, -0.15) is 0 Å². The highest BCUT2D eigenvalue weighted by Crippen LogP contribution is 2.16. The van der Waals surface area contributed by atoms with E-state index >= 15 is 0 Å². The first-order valence-electron chi connectivity index (χ1n) is 21.1. The lowest BCUT2D eigenvalue weighted by Crippen LogP contribution is -2.47. The van der Waals surface area contributed by atoms with Gasteiger partial charge in [-0.25, -0.2) is 4.79 Å². The van der Waals surface area contributed by atoms with Crippen LogP contribution in [0.2, 0.25) is 0 Å². The number of esters is 1. The highest BCUT2D eigenvalue weighted by atomic mass is 16.5. The van der Waals surface area contributed by atoms with Gasteiger partial charge in [-0.15, -0.1) is 0 Å². The molecule has 0 aliphatic rings. The Labute approximate surface area is 311 Å². The van der Waals surface area contributed by atoms with E-state index in [0.29, 0.717) is 19.3 Å². The highest BCUT2D eigenvalue weighted by molar-refractivity contribution is 5.87. The molecule has 0 spiro atoms. The van der Waals surface area contributed by atoms with Crippen molar-refractivity contribution in [1.82, 2.24) is 10.6 Å². The monoisotopic (exact) mass is 723 g/mol. The third kappa shape index (κ3) is 34.4. The van der Waals surface area contributed by atoms with E-state index in [0.717, 1.165) is 57.8 Å². The summed E-state index contributed by atoms with van der Waals surface area (Å²) in [5.41, 5.74) is 0. The Morgan fingerprint density at radius 2 is 1.04 bits per heavy atom. The lowest BCUT2D eigenvalue weighted by atomic mass is 10.0. The van der Waals surface area contributed by atoms with Crippen LogP contribution in [0.5, 0.6) is 0 Å². The number of carbonyl (C=O) groups excluding carboxylic acids is 3. The second-order valence-electron chi connectivity index (χ2n) is 14.4. The van der Waals surface area contributed by atoms with Crippen molar-refractivity contribution in [3.63, 3.8) is 0 Å². The fourth-order valence-corrected chi connectivity index (χ4v) is 6.21. The van der Waals surface area contributed by atoms with Gasteiger partial charge in [0, 0.05) is 12.8 Å². The van der Waals surface area contributed by atoms with E-state index in [4.69, 9.17) is 14.9 Å². The van der Waals surface area contributed by atoms with Gasteiger partial charge in [-0.1, -0.05) is 161 Å². The minimum Gasteiger partial charge on any atom is -0.480 e. The summed E-state index contributed by atoms with van der Waals surface area (Å²) in [6.45, 7) is 3.48. The number of unbranched alkanes of at least 4 members (excludes halogenated alkanes) is 24. The Morgan fingerprint density at radius 3 is 1.53 bits per heavy atom. The fraction of sp³-hybridized carbons (Fsp3) is 0.857. The minimum absolute atomic E-state index is 0.0745. The van der Waals surface area contributed by atoms with Crippen LogP contribution in [-0.4, -0.2) is 59.3 Å².